The maximum absolute atomic E-state index is 12.6. The number of rotatable bonds is 5. The molecule has 0 saturated carbocycles. The highest BCUT2D eigenvalue weighted by Crippen LogP contribution is 2.32. The normalized spacial score (nSPS) is 12.1. The molecule has 4 nitrogen and oxygen atoms in total. The Hall–Kier alpha value is -2.19. The Morgan fingerprint density at radius 3 is 2.65 bits per heavy atom. The van der Waals surface area contributed by atoms with Gasteiger partial charge >= 0.3 is 6.18 Å². The van der Waals surface area contributed by atoms with Gasteiger partial charge in [0.15, 0.2) is 0 Å². The van der Waals surface area contributed by atoms with Crippen LogP contribution < -0.4 is 11.1 Å². The monoisotopic (exact) mass is 294 g/mol. The van der Waals surface area contributed by atoms with Gasteiger partial charge in [-0.1, -0.05) is 0 Å². The van der Waals surface area contributed by atoms with Crippen molar-refractivity contribution in [1.29, 1.82) is 5.41 Å². The van der Waals surface area contributed by atoms with Crippen LogP contribution in [0, 0.1) is 5.41 Å². The summed E-state index contributed by atoms with van der Waals surface area (Å²) in [5, 5.41) is 9.73. The van der Waals surface area contributed by atoms with Crippen molar-refractivity contribution in [2.24, 2.45) is 0 Å². The maximum atomic E-state index is 12.6. The molecule has 110 valence electrons. The van der Waals surface area contributed by atoms with E-state index in [0.717, 1.165) is 18.5 Å². The third-order valence-electron chi connectivity index (χ3n) is 2.17. The molecule has 0 amide bonds. The maximum Gasteiger partial charge on any atom is 0.419 e. The van der Waals surface area contributed by atoms with Gasteiger partial charge in [0.2, 0.25) is 0 Å². The minimum Gasteiger partial charge on any atom is -0.385 e. The van der Waals surface area contributed by atoms with E-state index in [2.05, 4.69) is 10.3 Å². The molecule has 9 heteroatoms. The van der Waals surface area contributed by atoms with Gasteiger partial charge in [-0.3, -0.25) is 0 Å². The molecule has 0 aromatic carbocycles. The Kier molecular flexibility index (Phi) is 5.00. The molecule has 0 unspecified atom stereocenters. The van der Waals surface area contributed by atoms with E-state index < -0.39 is 30.5 Å². The first-order chi connectivity index (χ1) is 9.21. The van der Waals surface area contributed by atoms with Gasteiger partial charge in [0.1, 0.15) is 5.82 Å². The van der Waals surface area contributed by atoms with Gasteiger partial charge in [0.05, 0.1) is 17.8 Å². The number of allylic oxidation sites excluding steroid dienone is 1. The van der Waals surface area contributed by atoms with Crippen LogP contribution in [0.5, 0.6) is 0 Å². The number of alkyl halides is 5. The molecule has 1 aromatic heterocycles. The molecule has 1 aromatic rings. The summed E-state index contributed by atoms with van der Waals surface area (Å²) >= 11 is 0. The van der Waals surface area contributed by atoms with Gasteiger partial charge in [-0.05, 0) is 18.3 Å². The number of pyridine rings is 1. The van der Waals surface area contributed by atoms with Crippen LogP contribution in [-0.2, 0) is 6.18 Å². The van der Waals surface area contributed by atoms with Crippen LogP contribution in [0.15, 0.2) is 24.5 Å². The van der Waals surface area contributed by atoms with Gasteiger partial charge < -0.3 is 16.5 Å². The Labute approximate surface area is 111 Å². The summed E-state index contributed by atoms with van der Waals surface area (Å²) in [4.78, 5) is 3.37. The van der Waals surface area contributed by atoms with E-state index in [1.807, 2.05) is 0 Å². The molecule has 0 radical (unpaired) electrons. The molecule has 4 N–H and O–H groups in total. The van der Waals surface area contributed by atoms with Gasteiger partial charge in [-0.25, -0.2) is 13.8 Å². The fraction of sp³-hybridized carbons (Fsp3) is 0.273. The molecule has 0 aliphatic rings. The predicted octanol–water partition coefficient (Wildman–Crippen LogP) is 2.42. The summed E-state index contributed by atoms with van der Waals surface area (Å²) in [6, 6.07) is 0.683. The molecule has 0 fully saturated rings. The Bertz CT molecular complexity index is 510. The highest BCUT2D eigenvalue weighted by Gasteiger charge is 2.34. The van der Waals surface area contributed by atoms with Crippen molar-refractivity contribution >= 4 is 11.5 Å². The lowest BCUT2D eigenvalue weighted by molar-refractivity contribution is -0.137. The van der Waals surface area contributed by atoms with Crippen molar-refractivity contribution < 1.29 is 22.0 Å². The minimum absolute atomic E-state index is 0.123. The van der Waals surface area contributed by atoms with Crippen molar-refractivity contribution in [2.75, 3.05) is 12.3 Å². The molecule has 0 aliphatic heterocycles. The zero-order valence-electron chi connectivity index (χ0n) is 10.0. The second-order valence-electron chi connectivity index (χ2n) is 3.70. The first kappa shape index (κ1) is 15.9. The molecular weight excluding hydrogens is 283 g/mol. The van der Waals surface area contributed by atoms with Gasteiger partial charge in [-0.15, -0.1) is 0 Å². The highest BCUT2D eigenvalue weighted by atomic mass is 19.4. The average molecular weight is 294 g/mol. The topological polar surface area (TPSA) is 74.8 Å². The molecule has 0 atom stereocenters. The summed E-state index contributed by atoms with van der Waals surface area (Å²) < 4.78 is 61.4. The quantitative estimate of drug-likeness (QED) is 0.576. The Balaban J connectivity index is 2.84. The van der Waals surface area contributed by atoms with Gasteiger partial charge in [-0.2, -0.15) is 13.2 Å². The predicted molar refractivity (Wildman–Crippen MR) is 63.6 cm³/mol. The zero-order valence-corrected chi connectivity index (χ0v) is 10.0. The SMILES string of the molecule is N=C(/C=C\NCC(F)F)c1cnc(N)c(C(F)(F)F)c1. The van der Waals surface area contributed by atoms with E-state index in [-0.39, 0.29) is 11.3 Å². The number of nitrogens with one attached hydrogen (secondary N) is 2. The lowest BCUT2D eigenvalue weighted by atomic mass is 10.1. The van der Waals surface area contributed by atoms with Crippen LogP contribution in [0.1, 0.15) is 11.1 Å². The third kappa shape index (κ3) is 4.48. The second-order valence-corrected chi connectivity index (χ2v) is 3.70. The van der Waals surface area contributed by atoms with Crippen molar-refractivity contribution in [1.82, 2.24) is 10.3 Å². The molecule has 0 spiro atoms. The Morgan fingerprint density at radius 1 is 1.45 bits per heavy atom. The van der Waals surface area contributed by atoms with Crippen LogP contribution in [0.2, 0.25) is 0 Å². The van der Waals surface area contributed by atoms with Crippen molar-refractivity contribution in [3.8, 4) is 0 Å². The van der Waals surface area contributed by atoms with E-state index in [1.54, 1.807) is 0 Å². The first-order valence-electron chi connectivity index (χ1n) is 5.31. The summed E-state index contributed by atoms with van der Waals surface area (Å²) in [6.45, 7) is -0.614. The number of nitrogen functional groups attached to an aromatic ring is 1. The molecule has 0 aliphatic carbocycles. The number of anilines is 1. The Morgan fingerprint density at radius 2 is 2.10 bits per heavy atom. The highest BCUT2D eigenvalue weighted by molar-refractivity contribution is 6.06. The largest absolute Gasteiger partial charge is 0.419 e. The second kappa shape index (κ2) is 6.31. The minimum atomic E-state index is -4.68. The summed E-state index contributed by atoms with van der Waals surface area (Å²) in [6.07, 6.45) is -4.13. The molecular formula is C11H11F5N4. The molecule has 0 saturated heterocycles. The fourth-order valence-electron chi connectivity index (χ4n) is 1.25. The van der Waals surface area contributed by atoms with Crippen LogP contribution >= 0.6 is 0 Å². The van der Waals surface area contributed by atoms with Crippen LogP contribution in [0.3, 0.4) is 0 Å². The van der Waals surface area contributed by atoms with E-state index in [0.29, 0.717) is 6.07 Å². The van der Waals surface area contributed by atoms with E-state index in [1.165, 1.54) is 0 Å². The van der Waals surface area contributed by atoms with Crippen molar-refractivity contribution in [3.63, 3.8) is 0 Å². The number of aromatic nitrogens is 1. The summed E-state index contributed by atoms with van der Waals surface area (Å²) in [5.41, 5.74) is 3.53. The zero-order chi connectivity index (χ0) is 15.3. The van der Waals surface area contributed by atoms with Gasteiger partial charge in [0.25, 0.3) is 6.43 Å². The smallest absolute Gasteiger partial charge is 0.385 e. The lowest BCUT2D eigenvalue weighted by Crippen LogP contribution is -2.15. The van der Waals surface area contributed by atoms with E-state index >= 15 is 0 Å². The van der Waals surface area contributed by atoms with Crippen molar-refractivity contribution in [2.45, 2.75) is 12.6 Å². The molecule has 1 rings (SSSR count). The average Bonchev–Trinajstić information content (AvgIpc) is 2.33. The van der Waals surface area contributed by atoms with Crippen LogP contribution in [0.4, 0.5) is 27.8 Å². The number of nitrogens with two attached hydrogens (primary N) is 1. The lowest BCUT2D eigenvalue weighted by Gasteiger charge is -2.10. The standard InChI is InChI=1S/C11H11F5N4/c12-9(13)5-19-2-1-8(17)6-3-7(11(14,15)16)10(18)20-4-6/h1-4,9,17,19H,5H2,(H2,18,20)/b2-1-,17-8?. The molecule has 0 bridgehead atoms. The number of hydrogen-bond donors (Lipinski definition) is 3. The summed E-state index contributed by atoms with van der Waals surface area (Å²) in [5.74, 6) is -0.686. The van der Waals surface area contributed by atoms with E-state index in [9.17, 15) is 22.0 Å². The molecule has 20 heavy (non-hydrogen) atoms. The number of halogens is 5. The van der Waals surface area contributed by atoms with Crippen LogP contribution in [-0.4, -0.2) is 23.7 Å². The number of hydrogen-bond acceptors (Lipinski definition) is 4. The van der Waals surface area contributed by atoms with Crippen molar-refractivity contribution in [3.05, 3.63) is 35.7 Å². The summed E-state index contributed by atoms with van der Waals surface area (Å²) in [7, 11) is 0. The number of nitrogens with zero attached hydrogens (tertiary/aromatic N) is 1. The first-order valence-corrected chi connectivity index (χ1v) is 5.31. The van der Waals surface area contributed by atoms with Gasteiger partial charge in [0, 0.05) is 11.8 Å². The molecule has 1 heterocycles. The van der Waals surface area contributed by atoms with E-state index in [4.69, 9.17) is 11.1 Å². The van der Waals surface area contributed by atoms with Crippen LogP contribution in [0.25, 0.3) is 0 Å². The fourth-order valence-corrected chi connectivity index (χ4v) is 1.25. The third-order valence-corrected chi connectivity index (χ3v) is 2.17.